The Morgan fingerprint density at radius 3 is 2.52 bits per heavy atom. The maximum Gasteiger partial charge on any atom is 0.159 e. The molecule has 122 valence electrons. The zero-order valence-electron chi connectivity index (χ0n) is 14.9. The molecule has 23 heavy (non-hydrogen) atoms. The summed E-state index contributed by atoms with van der Waals surface area (Å²) in [5, 5.41) is 5.89. The largest absolute Gasteiger partial charge is 0.330 e. The van der Waals surface area contributed by atoms with Gasteiger partial charge in [-0.05, 0) is 44.7 Å². The van der Waals surface area contributed by atoms with E-state index in [0.717, 1.165) is 41.5 Å². The number of hydrogen-bond donors (Lipinski definition) is 0. The predicted octanol–water partition coefficient (Wildman–Crippen LogP) is 3.80. The first-order valence-corrected chi connectivity index (χ1v) is 8.22. The molecule has 0 aliphatic carbocycles. The summed E-state index contributed by atoms with van der Waals surface area (Å²) in [6.45, 7) is 11.6. The quantitative estimate of drug-likeness (QED) is 0.736. The molecule has 0 saturated heterocycles. The second-order valence-corrected chi connectivity index (χ2v) is 6.76. The fraction of sp³-hybridized carbons (Fsp3) is 0.500. The summed E-state index contributed by atoms with van der Waals surface area (Å²) in [6, 6.07) is 2.14. The van der Waals surface area contributed by atoms with Crippen molar-refractivity contribution in [3.63, 3.8) is 0 Å². The van der Waals surface area contributed by atoms with E-state index >= 15 is 0 Å². The third kappa shape index (κ3) is 2.76. The van der Waals surface area contributed by atoms with E-state index in [9.17, 15) is 0 Å². The van der Waals surface area contributed by atoms with Gasteiger partial charge < -0.3 is 4.57 Å². The number of nitrogens with zero attached hydrogens (tertiary/aromatic N) is 5. The van der Waals surface area contributed by atoms with Gasteiger partial charge in [-0.15, -0.1) is 0 Å². The molecule has 0 N–H and O–H groups in total. The van der Waals surface area contributed by atoms with Gasteiger partial charge >= 0.3 is 0 Å². The zero-order chi connectivity index (χ0) is 16.7. The number of hydrogen-bond acceptors (Lipinski definition) is 3. The number of aryl methyl sites for hydroxylation is 4. The van der Waals surface area contributed by atoms with Crippen LogP contribution < -0.4 is 0 Å². The average molecular weight is 311 g/mol. The van der Waals surface area contributed by atoms with Gasteiger partial charge in [0, 0.05) is 19.0 Å². The highest BCUT2D eigenvalue weighted by Gasteiger charge is 2.15. The molecule has 0 bridgehead atoms. The molecular weight excluding hydrogens is 286 g/mol. The van der Waals surface area contributed by atoms with Gasteiger partial charge in [0.05, 0.1) is 23.3 Å². The van der Waals surface area contributed by atoms with E-state index < -0.39 is 0 Å². The number of fused-ring (bicyclic) bond motifs is 1. The first kappa shape index (κ1) is 15.7. The Bertz CT molecular complexity index is 854. The van der Waals surface area contributed by atoms with E-state index in [4.69, 9.17) is 10.1 Å². The smallest absolute Gasteiger partial charge is 0.159 e. The molecular formula is C18H25N5. The monoisotopic (exact) mass is 311 g/mol. The van der Waals surface area contributed by atoms with Crippen molar-refractivity contribution in [3.05, 3.63) is 29.3 Å². The lowest BCUT2D eigenvalue weighted by Gasteiger charge is -2.08. The summed E-state index contributed by atoms with van der Waals surface area (Å²) >= 11 is 0. The fourth-order valence-electron chi connectivity index (χ4n) is 2.98. The Morgan fingerprint density at radius 2 is 1.91 bits per heavy atom. The molecule has 0 unspecified atom stereocenters. The summed E-state index contributed by atoms with van der Waals surface area (Å²) < 4.78 is 4.14. The minimum Gasteiger partial charge on any atom is -0.330 e. The van der Waals surface area contributed by atoms with E-state index in [1.165, 1.54) is 10.9 Å². The van der Waals surface area contributed by atoms with Gasteiger partial charge in [0.15, 0.2) is 5.65 Å². The van der Waals surface area contributed by atoms with Crippen LogP contribution in [0.15, 0.2) is 12.3 Å². The molecule has 5 nitrogen and oxygen atoms in total. The molecule has 0 spiro atoms. The zero-order valence-corrected chi connectivity index (χ0v) is 14.9. The summed E-state index contributed by atoms with van der Waals surface area (Å²) in [4.78, 5) is 9.31. The Balaban J connectivity index is 2.15. The number of aromatic nitrogens is 5. The van der Waals surface area contributed by atoms with E-state index in [0.29, 0.717) is 5.92 Å². The standard InChI is InChI=1S/C18H25N5/c1-11(2)7-8-23-18-17(13(4)21-23)12(3)9-15(20-18)16-10-19-14(5)22(16)6/h9-11H,7-8H2,1-6H3. The molecule has 3 rings (SSSR count). The van der Waals surface area contributed by atoms with E-state index in [1.807, 2.05) is 20.2 Å². The van der Waals surface area contributed by atoms with Gasteiger partial charge in [-0.3, -0.25) is 0 Å². The van der Waals surface area contributed by atoms with Gasteiger partial charge in [-0.1, -0.05) is 13.8 Å². The minimum absolute atomic E-state index is 0.651. The molecule has 3 aromatic rings. The van der Waals surface area contributed by atoms with Crippen molar-refractivity contribution in [1.82, 2.24) is 24.3 Å². The maximum absolute atomic E-state index is 4.92. The third-order valence-corrected chi connectivity index (χ3v) is 4.48. The molecule has 3 heterocycles. The van der Waals surface area contributed by atoms with Crippen molar-refractivity contribution in [2.75, 3.05) is 0 Å². The van der Waals surface area contributed by atoms with E-state index in [-0.39, 0.29) is 0 Å². The SMILES string of the molecule is Cc1cc(-c2cnc(C)n2C)nc2c1c(C)nn2CCC(C)C. The normalized spacial score (nSPS) is 11.8. The van der Waals surface area contributed by atoms with Crippen molar-refractivity contribution in [2.45, 2.75) is 47.6 Å². The average Bonchev–Trinajstić information content (AvgIpc) is 2.98. The first-order valence-electron chi connectivity index (χ1n) is 8.22. The Kier molecular flexibility index (Phi) is 3.96. The van der Waals surface area contributed by atoms with E-state index in [2.05, 4.69) is 48.0 Å². The summed E-state index contributed by atoms with van der Waals surface area (Å²) in [7, 11) is 2.03. The van der Waals surface area contributed by atoms with Crippen LogP contribution in [0.25, 0.3) is 22.4 Å². The van der Waals surface area contributed by atoms with Crippen LogP contribution in [0.2, 0.25) is 0 Å². The fourth-order valence-corrected chi connectivity index (χ4v) is 2.98. The summed E-state index contributed by atoms with van der Waals surface area (Å²) in [6.07, 6.45) is 3.00. The number of rotatable bonds is 4. The molecule has 0 saturated carbocycles. The van der Waals surface area contributed by atoms with E-state index in [1.54, 1.807) is 0 Å². The van der Waals surface area contributed by atoms with Crippen LogP contribution in [-0.2, 0) is 13.6 Å². The second kappa shape index (κ2) is 5.80. The maximum atomic E-state index is 4.92. The highest BCUT2D eigenvalue weighted by atomic mass is 15.3. The Hall–Kier alpha value is -2.17. The van der Waals surface area contributed by atoms with Crippen LogP contribution in [0, 0.1) is 26.7 Å². The lowest BCUT2D eigenvalue weighted by molar-refractivity contribution is 0.493. The Morgan fingerprint density at radius 1 is 1.17 bits per heavy atom. The van der Waals surface area contributed by atoms with Crippen LogP contribution in [0.1, 0.15) is 37.4 Å². The van der Waals surface area contributed by atoms with Crippen molar-refractivity contribution < 1.29 is 0 Å². The van der Waals surface area contributed by atoms with Crippen molar-refractivity contribution in [3.8, 4) is 11.4 Å². The molecule has 5 heteroatoms. The third-order valence-electron chi connectivity index (χ3n) is 4.48. The molecule has 0 amide bonds. The minimum atomic E-state index is 0.651. The molecule has 0 aliphatic rings. The molecule has 0 radical (unpaired) electrons. The molecule has 3 aromatic heterocycles. The van der Waals surface area contributed by atoms with Crippen molar-refractivity contribution in [1.29, 1.82) is 0 Å². The van der Waals surface area contributed by atoms with Crippen LogP contribution in [0.4, 0.5) is 0 Å². The summed E-state index contributed by atoms with van der Waals surface area (Å²) in [5.74, 6) is 1.64. The predicted molar refractivity (Wildman–Crippen MR) is 93.4 cm³/mol. The molecule has 0 aromatic carbocycles. The first-order chi connectivity index (χ1) is 10.9. The molecule has 0 aliphatic heterocycles. The Labute approximate surface area is 137 Å². The van der Waals surface area contributed by atoms with Crippen LogP contribution in [-0.4, -0.2) is 24.3 Å². The van der Waals surface area contributed by atoms with Gasteiger partial charge in [0.2, 0.25) is 0 Å². The van der Waals surface area contributed by atoms with Gasteiger partial charge in [0.1, 0.15) is 5.82 Å². The van der Waals surface area contributed by atoms with Crippen LogP contribution in [0.3, 0.4) is 0 Å². The van der Waals surface area contributed by atoms with Gasteiger partial charge in [0.25, 0.3) is 0 Å². The van der Waals surface area contributed by atoms with Crippen LogP contribution >= 0.6 is 0 Å². The summed E-state index contributed by atoms with van der Waals surface area (Å²) in [5.41, 5.74) is 5.27. The van der Waals surface area contributed by atoms with Gasteiger partial charge in [-0.25, -0.2) is 14.6 Å². The second-order valence-electron chi connectivity index (χ2n) is 6.76. The lowest BCUT2D eigenvalue weighted by atomic mass is 10.1. The molecule has 0 atom stereocenters. The highest BCUT2D eigenvalue weighted by Crippen LogP contribution is 2.27. The van der Waals surface area contributed by atoms with Gasteiger partial charge in [-0.2, -0.15) is 5.10 Å². The van der Waals surface area contributed by atoms with Crippen molar-refractivity contribution in [2.24, 2.45) is 13.0 Å². The number of pyridine rings is 1. The topological polar surface area (TPSA) is 48.5 Å². The highest BCUT2D eigenvalue weighted by molar-refractivity contribution is 5.84. The molecule has 0 fully saturated rings. The lowest BCUT2D eigenvalue weighted by Crippen LogP contribution is -2.05. The van der Waals surface area contributed by atoms with Crippen LogP contribution in [0.5, 0.6) is 0 Å². The number of imidazole rings is 1. The van der Waals surface area contributed by atoms with Crippen molar-refractivity contribution >= 4 is 11.0 Å².